The highest BCUT2D eigenvalue weighted by Gasteiger charge is 2.26. The number of carbonyl (C=O) groups excluding carboxylic acids is 2. The van der Waals surface area contributed by atoms with Crippen molar-refractivity contribution in [1.29, 1.82) is 0 Å². The molecule has 1 unspecified atom stereocenters. The first-order chi connectivity index (χ1) is 11.8. The van der Waals surface area contributed by atoms with Crippen molar-refractivity contribution in [1.82, 2.24) is 15.2 Å². The number of amides is 2. The lowest BCUT2D eigenvalue weighted by atomic mass is 10.1. The molecule has 0 spiro atoms. The van der Waals surface area contributed by atoms with E-state index in [9.17, 15) is 9.59 Å². The van der Waals surface area contributed by atoms with Crippen molar-refractivity contribution in [3.63, 3.8) is 0 Å². The Morgan fingerprint density at radius 1 is 1.25 bits per heavy atom. The van der Waals surface area contributed by atoms with Crippen LogP contribution in [-0.2, 0) is 16.1 Å². The molecule has 0 aliphatic rings. The Labute approximate surface area is 142 Å². The second kappa shape index (κ2) is 9.45. The number of nitrogens with zero attached hydrogens (tertiary/aromatic N) is 2. The first kappa shape index (κ1) is 17.7. The summed E-state index contributed by atoms with van der Waals surface area (Å²) in [5.74, 6) is -0.199. The molecule has 1 aromatic carbocycles. The predicted octanol–water partition coefficient (Wildman–Crippen LogP) is 2.70. The molecule has 0 saturated carbocycles. The molecular formula is C19H23N3O2. The Morgan fingerprint density at radius 2 is 2.04 bits per heavy atom. The van der Waals surface area contributed by atoms with Crippen molar-refractivity contribution >= 4 is 12.3 Å². The highest BCUT2D eigenvalue weighted by Crippen LogP contribution is 2.20. The van der Waals surface area contributed by atoms with Crippen LogP contribution in [0.4, 0.5) is 0 Å². The van der Waals surface area contributed by atoms with E-state index in [0.29, 0.717) is 18.7 Å². The number of pyridine rings is 1. The minimum Gasteiger partial charge on any atom is -0.350 e. The fourth-order valence-corrected chi connectivity index (χ4v) is 2.50. The van der Waals surface area contributed by atoms with E-state index in [-0.39, 0.29) is 5.91 Å². The summed E-state index contributed by atoms with van der Waals surface area (Å²) in [6.45, 7) is 3.02. The summed E-state index contributed by atoms with van der Waals surface area (Å²) in [4.78, 5) is 29.9. The van der Waals surface area contributed by atoms with Crippen LogP contribution in [0.25, 0.3) is 0 Å². The van der Waals surface area contributed by atoms with E-state index >= 15 is 0 Å². The number of hydrogen-bond acceptors (Lipinski definition) is 3. The predicted molar refractivity (Wildman–Crippen MR) is 92.9 cm³/mol. The number of nitrogens with one attached hydrogen (secondary N) is 1. The molecule has 126 valence electrons. The van der Waals surface area contributed by atoms with Crippen LogP contribution in [0.15, 0.2) is 54.9 Å². The molecule has 0 radical (unpaired) electrons. The summed E-state index contributed by atoms with van der Waals surface area (Å²) >= 11 is 0. The van der Waals surface area contributed by atoms with Crippen molar-refractivity contribution in [3.05, 3.63) is 66.0 Å². The topological polar surface area (TPSA) is 62.3 Å². The second-order valence-electron chi connectivity index (χ2n) is 5.59. The van der Waals surface area contributed by atoms with E-state index in [1.165, 1.54) is 0 Å². The van der Waals surface area contributed by atoms with Gasteiger partial charge in [-0.05, 0) is 18.1 Å². The van der Waals surface area contributed by atoms with Crippen LogP contribution in [-0.4, -0.2) is 28.7 Å². The van der Waals surface area contributed by atoms with Gasteiger partial charge in [-0.2, -0.15) is 0 Å². The van der Waals surface area contributed by atoms with Crippen molar-refractivity contribution in [2.24, 2.45) is 0 Å². The van der Waals surface area contributed by atoms with Crippen LogP contribution in [0.2, 0.25) is 0 Å². The van der Waals surface area contributed by atoms with Gasteiger partial charge < -0.3 is 10.2 Å². The van der Waals surface area contributed by atoms with E-state index in [0.717, 1.165) is 24.8 Å². The monoisotopic (exact) mass is 325 g/mol. The van der Waals surface area contributed by atoms with Crippen LogP contribution >= 0.6 is 0 Å². The van der Waals surface area contributed by atoms with Gasteiger partial charge in [0.25, 0.3) is 0 Å². The molecule has 2 amide bonds. The highest BCUT2D eigenvalue weighted by molar-refractivity contribution is 5.84. The molecule has 1 heterocycles. The third-order valence-corrected chi connectivity index (χ3v) is 3.79. The first-order valence-electron chi connectivity index (χ1n) is 8.19. The molecule has 0 fully saturated rings. The molecule has 0 saturated heterocycles. The molecule has 1 aromatic heterocycles. The van der Waals surface area contributed by atoms with Gasteiger partial charge in [0.05, 0.1) is 0 Å². The Balaban J connectivity index is 2.14. The zero-order chi connectivity index (χ0) is 17.2. The van der Waals surface area contributed by atoms with E-state index in [2.05, 4.69) is 17.2 Å². The lowest BCUT2D eigenvalue weighted by Gasteiger charge is -2.27. The number of aromatic nitrogens is 1. The van der Waals surface area contributed by atoms with Gasteiger partial charge in [-0.25, -0.2) is 0 Å². The van der Waals surface area contributed by atoms with Crippen LogP contribution in [0.3, 0.4) is 0 Å². The van der Waals surface area contributed by atoms with Crippen molar-refractivity contribution < 1.29 is 9.59 Å². The Morgan fingerprint density at radius 3 is 2.67 bits per heavy atom. The molecule has 0 bridgehead atoms. The minimum absolute atomic E-state index is 0.199. The number of benzene rings is 1. The van der Waals surface area contributed by atoms with Gasteiger partial charge in [-0.1, -0.05) is 49.7 Å². The van der Waals surface area contributed by atoms with Crippen LogP contribution in [0.5, 0.6) is 0 Å². The summed E-state index contributed by atoms with van der Waals surface area (Å²) in [6.07, 6.45) is 5.83. The minimum atomic E-state index is -0.661. The van der Waals surface area contributed by atoms with Crippen molar-refractivity contribution in [2.45, 2.75) is 32.4 Å². The molecule has 0 aliphatic carbocycles. The average Bonchev–Trinajstić information content (AvgIpc) is 2.64. The lowest BCUT2D eigenvalue weighted by Crippen LogP contribution is -2.40. The summed E-state index contributed by atoms with van der Waals surface area (Å²) in [6, 6.07) is 12.6. The molecule has 5 nitrogen and oxygen atoms in total. The number of unbranched alkanes of at least 4 members (excludes halogenated alkanes) is 1. The second-order valence-corrected chi connectivity index (χ2v) is 5.59. The number of carbonyl (C=O) groups is 2. The number of rotatable bonds is 9. The van der Waals surface area contributed by atoms with Crippen LogP contribution < -0.4 is 5.32 Å². The summed E-state index contributed by atoms with van der Waals surface area (Å²) in [5.41, 5.74) is 1.73. The summed E-state index contributed by atoms with van der Waals surface area (Å²) in [5, 5.41) is 2.92. The van der Waals surface area contributed by atoms with Gasteiger partial charge >= 0.3 is 0 Å². The van der Waals surface area contributed by atoms with Gasteiger partial charge in [0, 0.05) is 31.0 Å². The van der Waals surface area contributed by atoms with Gasteiger partial charge in [0.15, 0.2) is 0 Å². The fraction of sp³-hybridized carbons (Fsp3) is 0.316. The van der Waals surface area contributed by atoms with Crippen molar-refractivity contribution in [3.8, 4) is 0 Å². The SMILES string of the molecule is CCCCN(C=O)C(C(=O)NCc1ccccc1)c1cccnc1. The van der Waals surface area contributed by atoms with E-state index in [1.54, 1.807) is 23.4 Å². The van der Waals surface area contributed by atoms with Gasteiger partial charge in [-0.15, -0.1) is 0 Å². The molecule has 0 aliphatic heterocycles. The molecule has 2 rings (SSSR count). The first-order valence-corrected chi connectivity index (χ1v) is 8.19. The normalized spacial score (nSPS) is 11.5. The quantitative estimate of drug-likeness (QED) is 0.721. The average molecular weight is 325 g/mol. The Kier molecular flexibility index (Phi) is 6.95. The maximum Gasteiger partial charge on any atom is 0.247 e. The molecule has 5 heteroatoms. The third-order valence-electron chi connectivity index (χ3n) is 3.79. The standard InChI is InChI=1S/C19H23N3O2/c1-2-3-12-22(15-23)18(17-10-7-11-20-14-17)19(24)21-13-16-8-5-4-6-9-16/h4-11,14-15,18H,2-3,12-13H2,1H3,(H,21,24). The third kappa shape index (κ3) is 4.91. The Hall–Kier alpha value is -2.69. The van der Waals surface area contributed by atoms with Crippen molar-refractivity contribution in [2.75, 3.05) is 6.54 Å². The van der Waals surface area contributed by atoms with Gasteiger partial charge in [-0.3, -0.25) is 14.6 Å². The smallest absolute Gasteiger partial charge is 0.247 e. The van der Waals surface area contributed by atoms with E-state index < -0.39 is 6.04 Å². The molecular weight excluding hydrogens is 302 g/mol. The maximum atomic E-state index is 12.7. The zero-order valence-electron chi connectivity index (χ0n) is 13.9. The van der Waals surface area contributed by atoms with Gasteiger partial charge in [0.2, 0.25) is 12.3 Å². The fourth-order valence-electron chi connectivity index (χ4n) is 2.50. The van der Waals surface area contributed by atoms with E-state index in [1.807, 2.05) is 36.4 Å². The summed E-state index contributed by atoms with van der Waals surface area (Å²) in [7, 11) is 0. The van der Waals surface area contributed by atoms with Gasteiger partial charge in [0.1, 0.15) is 6.04 Å². The number of hydrogen-bond donors (Lipinski definition) is 1. The molecule has 24 heavy (non-hydrogen) atoms. The zero-order valence-corrected chi connectivity index (χ0v) is 13.9. The summed E-state index contributed by atoms with van der Waals surface area (Å²) < 4.78 is 0. The lowest BCUT2D eigenvalue weighted by molar-refractivity contribution is -0.133. The Bertz CT molecular complexity index is 632. The van der Waals surface area contributed by atoms with E-state index in [4.69, 9.17) is 0 Å². The molecule has 1 atom stereocenters. The van der Waals surface area contributed by atoms with Crippen LogP contribution in [0, 0.1) is 0 Å². The largest absolute Gasteiger partial charge is 0.350 e. The highest BCUT2D eigenvalue weighted by atomic mass is 16.2. The maximum absolute atomic E-state index is 12.7. The van der Waals surface area contributed by atoms with Crippen LogP contribution in [0.1, 0.15) is 36.9 Å². The molecule has 1 N–H and O–H groups in total. The molecule has 2 aromatic rings.